The zero-order valence-electron chi connectivity index (χ0n) is 10.5. The van der Waals surface area contributed by atoms with Gasteiger partial charge in [0.15, 0.2) is 0 Å². The van der Waals surface area contributed by atoms with E-state index in [4.69, 9.17) is 5.11 Å². The predicted octanol–water partition coefficient (Wildman–Crippen LogP) is 2.38. The van der Waals surface area contributed by atoms with Gasteiger partial charge in [-0.25, -0.2) is 4.98 Å². The Morgan fingerprint density at radius 2 is 2.00 bits per heavy atom. The summed E-state index contributed by atoms with van der Waals surface area (Å²) in [5.41, 5.74) is 1.02. The van der Waals surface area contributed by atoms with E-state index >= 15 is 0 Å². The van der Waals surface area contributed by atoms with Gasteiger partial charge in [0, 0.05) is 18.3 Å². The van der Waals surface area contributed by atoms with Crippen LogP contribution in [0.5, 0.6) is 0 Å². The largest absolute Gasteiger partial charge is 0.395 e. The van der Waals surface area contributed by atoms with Crippen molar-refractivity contribution in [3.63, 3.8) is 0 Å². The van der Waals surface area contributed by atoms with E-state index in [1.54, 1.807) is 0 Å². The molecule has 0 aliphatic heterocycles. The van der Waals surface area contributed by atoms with Crippen LogP contribution < -0.4 is 4.90 Å². The number of aryl methyl sites for hydroxylation is 1. The minimum atomic E-state index is 0.173. The lowest BCUT2D eigenvalue weighted by atomic mass is 10.1. The van der Waals surface area contributed by atoms with Gasteiger partial charge < -0.3 is 10.0 Å². The standard InChI is InChI=1S/C13H22N2O/c1-4-12(5-2)15(9-10-16)13-8-6-7-11(3)14-13/h6-8,12,16H,4-5,9-10H2,1-3H3. The molecule has 0 saturated carbocycles. The lowest BCUT2D eigenvalue weighted by molar-refractivity contribution is 0.295. The number of nitrogens with zero attached hydrogens (tertiary/aromatic N) is 2. The summed E-state index contributed by atoms with van der Waals surface area (Å²) in [5, 5.41) is 9.14. The lowest BCUT2D eigenvalue weighted by Crippen LogP contribution is -2.37. The average Bonchev–Trinajstić information content (AvgIpc) is 2.29. The quantitative estimate of drug-likeness (QED) is 0.803. The first-order valence-electron chi connectivity index (χ1n) is 6.04. The Bertz CT molecular complexity index is 311. The molecular formula is C13H22N2O. The summed E-state index contributed by atoms with van der Waals surface area (Å²) in [6.07, 6.45) is 2.15. The number of aliphatic hydroxyl groups excluding tert-OH is 1. The number of rotatable bonds is 6. The third-order valence-electron chi connectivity index (χ3n) is 2.89. The van der Waals surface area contributed by atoms with Gasteiger partial charge in [-0.15, -0.1) is 0 Å². The van der Waals surface area contributed by atoms with E-state index in [2.05, 4.69) is 23.7 Å². The molecule has 1 rings (SSSR count). The van der Waals surface area contributed by atoms with E-state index in [0.29, 0.717) is 12.6 Å². The molecule has 90 valence electrons. The molecule has 1 N–H and O–H groups in total. The Kier molecular flexibility index (Phi) is 5.26. The van der Waals surface area contributed by atoms with Gasteiger partial charge >= 0.3 is 0 Å². The molecule has 0 aromatic carbocycles. The van der Waals surface area contributed by atoms with Crippen LogP contribution in [0.1, 0.15) is 32.4 Å². The molecule has 0 aliphatic carbocycles. The zero-order chi connectivity index (χ0) is 12.0. The van der Waals surface area contributed by atoms with Crippen molar-refractivity contribution in [2.24, 2.45) is 0 Å². The maximum absolute atomic E-state index is 9.14. The lowest BCUT2D eigenvalue weighted by Gasteiger charge is -2.31. The second-order valence-corrected chi connectivity index (χ2v) is 4.02. The molecule has 0 aliphatic rings. The minimum absolute atomic E-state index is 0.173. The second-order valence-electron chi connectivity index (χ2n) is 4.02. The van der Waals surface area contributed by atoms with Crippen molar-refractivity contribution in [2.75, 3.05) is 18.1 Å². The summed E-state index contributed by atoms with van der Waals surface area (Å²) in [4.78, 5) is 6.73. The molecule has 0 saturated heterocycles. The fourth-order valence-corrected chi connectivity index (χ4v) is 2.01. The number of anilines is 1. The van der Waals surface area contributed by atoms with Crippen molar-refractivity contribution in [2.45, 2.75) is 39.7 Å². The van der Waals surface area contributed by atoms with Crippen molar-refractivity contribution >= 4 is 5.82 Å². The Balaban J connectivity index is 2.91. The topological polar surface area (TPSA) is 36.4 Å². The van der Waals surface area contributed by atoms with E-state index in [-0.39, 0.29) is 6.61 Å². The molecule has 16 heavy (non-hydrogen) atoms. The molecule has 1 aromatic rings. The summed E-state index contributed by atoms with van der Waals surface area (Å²) >= 11 is 0. The Morgan fingerprint density at radius 3 is 2.50 bits per heavy atom. The molecule has 1 aromatic heterocycles. The maximum Gasteiger partial charge on any atom is 0.129 e. The van der Waals surface area contributed by atoms with Crippen LogP contribution >= 0.6 is 0 Å². The van der Waals surface area contributed by atoms with Gasteiger partial charge in [0.05, 0.1) is 6.61 Å². The van der Waals surface area contributed by atoms with E-state index < -0.39 is 0 Å². The fraction of sp³-hybridized carbons (Fsp3) is 0.615. The summed E-state index contributed by atoms with van der Waals surface area (Å²) in [6, 6.07) is 6.49. The molecule has 0 radical (unpaired) electrons. The maximum atomic E-state index is 9.14. The number of pyridine rings is 1. The van der Waals surface area contributed by atoms with Gasteiger partial charge in [-0.1, -0.05) is 19.9 Å². The summed E-state index contributed by atoms with van der Waals surface area (Å²) in [6.45, 7) is 7.17. The average molecular weight is 222 g/mol. The molecule has 0 unspecified atom stereocenters. The van der Waals surface area contributed by atoms with Gasteiger partial charge in [-0.2, -0.15) is 0 Å². The third kappa shape index (κ3) is 3.20. The summed E-state index contributed by atoms with van der Waals surface area (Å²) in [5.74, 6) is 0.975. The van der Waals surface area contributed by atoms with Crippen molar-refractivity contribution in [3.05, 3.63) is 23.9 Å². The van der Waals surface area contributed by atoms with Gasteiger partial charge in [0.2, 0.25) is 0 Å². The summed E-state index contributed by atoms with van der Waals surface area (Å²) in [7, 11) is 0. The molecular weight excluding hydrogens is 200 g/mol. The number of hydrogen-bond donors (Lipinski definition) is 1. The highest BCUT2D eigenvalue weighted by molar-refractivity contribution is 5.40. The molecule has 3 heteroatoms. The Labute approximate surface area is 98.1 Å². The highest BCUT2D eigenvalue weighted by Crippen LogP contribution is 2.18. The van der Waals surface area contributed by atoms with Crippen LogP contribution in [0.2, 0.25) is 0 Å². The van der Waals surface area contributed by atoms with E-state index in [1.807, 2.05) is 25.1 Å². The Hall–Kier alpha value is -1.09. The summed E-state index contributed by atoms with van der Waals surface area (Å²) < 4.78 is 0. The van der Waals surface area contributed by atoms with Crippen LogP contribution in [0, 0.1) is 6.92 Å². The predicted molar refractivity (Wildman–Crippen MR) is 67.8 cm³/mol. The van der Waals surface area contributed by atoms with Crippen LogP contribution in [0.25, 0.3) is 0 Å². The van der Waals surface area contributed by atoms with Crippen LogP contribution in [0.15, 0.2) is 18.2 Å². The van der Waals surface area contributed by atoms with E-state index in [9.17, 15) is 0 Å². The van der Waals surface area contributed by atoms with Gasteiger partial charge in [0.1, 0.15) is 5.82 Å². The van der Waals surface area contributed by atoms with E-state index in [0.717, 1.165) is 24.4 Å². The first kappa shape index (κ1) is 13.0. The van der Waals surface area contributed by atoms with Crippen LogP contribution in [-0.2, 0) is 0 Å². The van der Waals surface area contributed by atoms with Crippen LogP contribution in [-0.4, -0.2) is 29.3 Å². The molecule has 0 atom stereocenters. The van der Waals surface area contributed by atoms with Crippen molar-refractivity contribution < 1.29 is 5.11 Å². The van der Waals surface area contributed by atoms with Gasteiger partial charge in [-0.3, -0.25) is 0 Å². The first-order valence-corrected chi connectivity index (χ1v) is 6.04. The monoisotopic (exact) mass is 222 g/mol. The van der Waals surface area contributed by atoms with Crippen molar-refractivity contribution in [1.82, 2.24) is 4.98 Å². The van der Waals surface area contributed by atoms with Crippen LogP contribution in [0.4, 0.5) is 5.82 Å². The normalized spacial score (nSPS) is 10.8. The smallest absolute Gasteiger partial charge is 0.129 e. The number of hydrogen-bond acceptors (Lipinski definition) is 3. The molecule has 0 amide bonds. The molecule has 3 nitrogen and oxygen atoms in total. The SMILES string of the molecule is CCC(CC)N(CCO)c1cccc(C)n1. The van der Waals surface area contributed by atoms with Crippen molar-refractivity contribution in [1.29, 1.82) is 0 Å². The molecule has 0 spiro atoms. The minimum Gasteiger partial charge on any atom is -0.395 e. The fourth-order valence-electron chi connectivity index (χ4n) is 2.01. The van der Waals surface area contributed by atoms with Gasteiger partial charge in [-0.05, 0) is 31.9 Å². The number of aromatic nitrogens is 1. The number of aliphatic hydroxyl groups is 1. The van der Waals surface area contributed by atoms with Crippen molar-refractivity contribution in [3.8, 4) is 0 Å². The van der Waals surface area contributed by atoms with Crippen LogP contribution in [0.3, 0.4) is 0 Å². The molecule has 1 heterocycles. The van der Waals surface area contributed by atoms with E-state index in [1.165, 1.54) is 0 Å². The third-order valence-corrected chi connectivity index (χ3v) is 2.89. The highest BCUT2D eigenvalue weighted by atomic mass is 16.3. The highest BCUT2D eigenvalue weighted by Gasteiger charge is 2.15. The first-order chi connectivity index (χ1) is 7.72. The Morgan fingerprint density at radius 1 is 1.31 bits per heavy atom. The van der Waals surface area contributed by atoms with Gasteiger partial charge in [0.25, 0.3) is 0 Å². The molecule has 0 bridgehead atoms. The second kappa shape index (κ2) is 6.48. The zero-order valence-corrected chi connectivity index (χ0v) is 10.5. The molecule has 0 fully saturated rings.